The molecular weight excluding hydrogens is 360 g/mol. The van der Waals surface area contributed by atoms with Gasteiger partial charge in [0.05, 0.1) is 10.9 Å². The number of benzene rings is 1. The zero-order valence-corrected chi connectivity index (χ0v) is 16.3. The molecule has 1 amide bonds. The maximum atomic E-state index is 12.5. The Bertz CT molecular complexity index is 859. The second-order valence-corrected chi connectivity index (χ2v) is 8.52. The molecule has 2 aliphatic rings. The first-order chi connectivity index (χ1) is 13.1. The van der Waals surface area contributed by atoms with E-state index in [2.05, 4.69) is 20.1 Å². The zero-order valence-electron chi connectivity index (χ0n) is 15.5. The monoisotopic (exact) mass is 384 g/mol. The Balaban J connectivity index is 1.68. The fourth-order valence-corrected chi connectivity index (χ4v) is 4.69. The summed E-state index contributed by atoms with van der Waals surface area (Å²) in [7, 11) is 0. The first kappa shape index (κ1) is 18.2. The number of nitrogens with one attached hydrogen (secondary N) is 1. The molecule has 2 aliphatic carbocycles. The molecule has 1 heterocycles. The van der Waals surface area contributed by atoms with Crippen LogP contribution in [-0.2, 0) is 9.59 Å². The van der Waals surface area contributed by atoms with Gasteiger partial charge >= 0.3 is 0 Å². The molecule has 0 aliphatic heterocycles. The Kier molecular flexibility index (Phi) is 5.29. The largest absolute Gasteiger partial charge is 0.326 e. The first-order valence-electron chi connectivity index (χ1n) is 9.64. The van der Waals surface area contributed by atoms with Gasteiger partial charge in [-0.25, -0.2) is 0 Å². The third-order valence-corrected chi connectivity index (χ3v) is 6.28. The molecule has 2 fully saturated rings. The van der Waals surface area contributed by atoms with Crippen molar-refractivity contribution in [3.05, 3.63) is 30.1 Å². The molecule has 2 saturated carbocycles. The summed E-state index contributed by atoms with van der Waals surface area (Å²) in [5.74, 6) is 1.61. The van der Waals surface area contributed by atoms with E-state index in [1.165, 1.54) is 6.92 Å². The van der Waals surface area contributed by atoms with E-state index in [-0.39, 0.29) is 11.2 Å². The van der Waals surface area contributed by atoms with Gasteiger partial charge in [-0.3, -0.25) is 14.2 Å². The highest BCUT2D eigenvalue weighted by atomic mass is 32.2. The molecule has 0 saturated heterocycles. The van der Waals surface area contributed by atoms with Gasteiger partial charge in [-0.05, 0) is 43.9 Å². The van der Waals surface area contributed by atoms with Crippen molar-refractivity contribution in [3.8, 4) is 5.69 Å². The lowest BCUT2D eigenvalue weighted by Crippen LogP contribution is -2.16. The highest BCUT2D eigenvalue weighted by molar-refractivity contribution is 8.00. The fourth-order valence-electron chi connectivity index (χ4n) is 3.51. The topological polar surface area (TPSA) is 76.9 Å². The maximum Gasteiger partial charge on any atom is 0.221 e. The summed E-state index contributed by atoms with van der Waals surface area (Å²) in [5, 5.41) is 12.5. The number of aromatic nitrogens is 3. The van der Waals surface area contributed by atoms with Gasteiger partial charge in [-0.1, -0.05) is 30.7 Å². The Hall–Kier alpha value is -2.15. The molecule has 4 rings (SSSR count). The van der Waals surface area contributed by atoms with E-state index in [0.29, 0.717) is 18.1 Å². The molecule has 2 aromatic rings. The molecule has 7 heteroatoms. The summed E-state index contributed by atoms with van der Waals surface area (Å²) in [6.07, 6.45) is 7.02. The number of carbonyl (C=O) groups excluding carboxylic acids is 2. The van der Waals surface area contributed by atoms with Crippen molar-refractivity contribution in [1.29, 1.82) is 0 Å². The average Bonchev–Trinajstić information content (AvgIpc) is 3.42. The Morgan fingerprint density at radius 2 is 2.04 bits per heavy atom. The normalized spacial score (nSPS) is 20.3. The van der Waals surface area contributed by atoms with E-state index in [0.717, 1.165) is 60.9 Å². The van der Waals surface area contributed by atoms with Crippen molar-refractivity contribution in [3.63, 3.8) is 0 Å². The number of carbonyl (C=O) groups is 2. The number of hydrogen-bond acceptors (Lipinski definition) is 5. The Labute approximate surface area is 163 Å². The first-order valence-corrected chi connectivity index (χ1v) is 10.5. The lowest BCUT2D eigenvalue weighted by molar-refractivity contribution is -0.118. The van der Waals surface area contributed by atoms with Gasteiger partial charge in [0.15, 0.2) is 5.16 Å². The van der Waals surface area contributed by atoms with E-state index < -0.39 is 0 Å². The molecule has 27 heavy (non-hydrogen) atoms. The van der Waals surface area contributed by atoms with E-state index in [1.54, 1.807) is 11.8 Å². The number of amides is 1. The van der Waals surface area contributed by atoms with Gasteiger partial charge < -0.3 is 5.32 Å². The van der Waals surface area contributed by atoms with Crippen LogP contribution < -0.4 is 5.32 Å². The molecule has 1 atom stereocenters. The van der Waals surface area contributed by atoms with Crippen LogP contribution in [0.25, 0.3) is 5.69 Å². The van der Waals surface area contributed by atoms with E-state index >= 15 is 0 Å². The average molecular weight is 385 g/mol. The summed E-state index contributed by atoms with van der Waals surface area (Å²) in [4.78, 5) is 23.9. The zero-order chi connectivity index (χ0) is 18.8. The maximum absolute atomic E-state index is 12.5. The van der Waals surface area contributed by atoms with Crippen LogP contribution in [0.1, 0.15) is 63.6 Å². The third-order valence-electron chi connectivity index (χ3n) is 5.02. The molecule has 142 valence electrons. The molecule has 1 aromatic heterocycles. The predicted molar refractivity (Wildman–Crippen MR) is 105 cm³/mol. The van der Waals surface area contributed by atoms with Crippen molar-refractivity contribution in [2.24, 2.45) is 0 Å². The summed E-state index contributed by atoms with van der Waals surface area (Å²) < 4.78 is 2.08. The van der Waals surface area contributed by atoms with Crippen LogP contribution >= 0.6 is 11.8 Å². The van der Waals surface area contributed by atoms with Crippen LogP contribution in [0.2, 0.25) is 0 Å². The third kappa shape index (κ3) is 4.24. The number of ketones is 1. The van der Waals surface area contributed by atoms with Crippen LogP contribution in [-0.4, -0.2) is 31.7 Å². The van der Waals surface area contributed by atoms with Crippen molar-refractivity contribution in [2.45, 2.75) is 68.2 Å². The standard InChI is InChI=1S/C20H24N4O2S/c1-13(25)21-15-6-5-7-16(12-15)24-19(14-10-11-14)22-23-20(24)27-18-9-4-2-3-8-17(18)26/h5-7,12,14,18H,2-4,8-11H2,1H3,(H,21,25). The van der Waals surface area contributed by atoms with Crippen LogP contribution in [0.15, 0.2) is 29.4 Å². The van der Waals surface area contributed by atoms with E-state index in [1.807, 2.05) is 24.3 Å². The lowest BCUT2D eigenvalue weighted by atomic mass is 10.2. The van der Waals surface area contributed by atoms with Gasteiger partial charge in [0.25, 0.3) is 0 Å². The lowest BCUT2D eigenvalue weighted by Gasteiger charge is -2.15. The van der Waals surface area contributed by atoms with Crippen molar-refractivity contribution < 1.29 is 9.59 Å². The summed E-state index contributed by atoms with van der Waals surface area (Å²) in [5.41, 5.74) is 1.67. The smallest absolute Gasteiger partial charge is 0.221 e. The number of nitrogens with zero attached hydrogens (tertiary/aromatic N) is 3. The highest BCUT2D eigenvalue weighted by Gasteiger charge is 2.32. The number of anilines is 1. The number of Topliss-reactive ketones (excluding diaryl/α,β-unsaturated/α-hetero) is 1. The van der Waals surface area contributed by atoms with E-state index in [9.17, 15) is 9.59 Å². The number of hydrogen-bond donors (Lipinski definition) is 1. The van der Waals surface area contributed by atoms with Gasteiger partial charge in [0, 0.05) is 24.9 Å². The van der Waals surface area contributed by atoms with Crippen molar-refractivity contribution >= 4 is 29.1 Å². The van der Waals surface area contributed by atoms with Crippen molar-refractivity contribution in [2.75, 3.05) is 5.32 Å². The molecule has 1 unspecified atom stereocenters. The minimum Gasteiger partial charge on any atom is -0.326 e. The summed E-state index contributed by atoms with van der Waals surface area (Å²) in [6, 6.07) is 7.73. The molecule has 1 N–H and O–H groups in total. The van der Waals surface area contributed by atoms with Crippen LogP contribution in [0, 0.1) is 0 Å². The van der Waals surface area contributed by atoms with Crippen molar-refractivity contribution in [1.82, 2.24) is 14.8 Å². The van der Waals surface area contributed by atoms with Gasteiger partial charge in [-0.2, -0.15) is 0 Å². The van der Waals surface area contributed by atoms with E-state index in [4.69, 9.17) is 0 Å². The quantitative estimate of drug-likeness (QED) is 0.786. The minimum atomic E-state index is -0.100. The molecule has 6 nitrogen and oxygen atoms in total. The molecule has 0 spiro atoms. The SMILES string of the molecule is CC(=O)Nc1cccc(-n2c(SC3CCCCCC3=O)nnc2C2CC2)c1. The number of rotatable bonds is 5. The predicted octanol–water partition coefficient (Wildman–Crippen LogP) is 4.10. The minimum absolute atomic E-state index is 0.0407. The second kappa shape index (κ2) is 7.84. The van der Waals surface area contributed by atoms with Gasteiger partial charge in [-0.15, -0.1) is 10.2 Å². The fraction of sp³-hybridized carbons (Fsp3) is 0.500. The second-order valence-electron chi connectivity index (χ2n) is 7.35. The Morgan fingerprint density at radius 3 is 2.81 bits per heavy atom. The molecule has 0 bridgehead atoms. The molecular formula is C20H24N4O2S. The number of thioether (sulfide) groups is 1. The van der Waals surface area contributed by atoms with Gasteiger partial charge in [0.2, 0.25) is 5.91 Å². The highest BCUT2D eigenvalue weighted by Crippen LogP contribution is 2.42. The molecule has 0 radical (unpaired) electrons. The summed E-state index contributed by atoms with van der Waals surface area (Å²) >= 11 is 1.55. The molecule has 1 aromatic carbocycles. The summed E-state index contributed by atoms with van der Waals surface area (Å²) in [6.45, 7) is 1.50. The van der Waals surface area contributed by atoms with Crippen LogP contribution in [0.4, 0.5) is 5.69 Å². The van der Waals surface area contributed by atoms with Crippen LogP contribution in [0.3, 0.4) is 0 Å². The Morgan fingerprint density at radius 1 is 1.19 bits per heavy atom. The van der Waals surface area contributed by atoms with Crippen LogP contribution in [0.5, 0.6) is 0 Å². The van der Waals surface area contributed by atoms with Gasteiger partial charge in [0.1, 0.15) is 11.6 Å².